The molecule has 154 valence electrons. The van der Waals surface area contributed by atoms with Crippen LogP contribution < -0.4 is 25.3 Å². The number of amides is 1. The zero-order valence-corrected chi connectivity index (χ0v) is 17.0. The highest BCUT2D eigenvalue weighted by Crippen LogP contribution is 2.38. The Morgan fingerprint density at radius 1 is 0.933 bits per heavy atom. The first-order valence-corrected chi connectivity index (χ1v) is 9.16. The monoisotopic (exact) mass is 405 g/mol. The molecular weight excluding hydrogens is 382 g/mol. The molecule has 0 unspecified atom stereocenters. The van der Waals surface area contributed by atoms with Gasteiger partial charge in [0.2, 0.25) is 5.75 Å². The summed E-state index contributed by atoms with van der Waals surface area (Å²) in [5.41, 5.74) is 8.88. The van der Waals surface area contributed by atoms with Crippen LogP contribution in [0.1, 0.15) is 15.9 Å². The molecule has 3 aromatic carbocycles. The lowest BCUT2D eigenvalue weighted by Gasteiger charge is -2.14. The molecule has 3 N–H and O–H groups in total. The average Bonchev–Trinajstić information content (AvgIpc) is 2.78. The summed E-state index contributed by atoms with van der Waals surface area (Å²) in [6.45, 7) is 0. The van der Waals surface area contributed by atoms with E-state index >= 15 is 0 Å². The molecular formula is C23H23N3O4. The Bertz CT molecular complexity index is 1050. The molecule has 0 atom stereocenters. The number of ether oxygens (including phenoxy) is 3. The van der Waals surface area contributed by atoms with Crippen molar-refractivity contribution in [3.63, 3.8) is 0 Å². The molecule has 1 amide bonds. The minimum absolute atomic E-state index is 0.325. The van der Waals surface area contributed by atoms with E-state index in [4.69, 9.17) is 19.9 Å². The van der Waals surface area contributed by atoms with Crippen LogP contribution in [0.4, 0.5) is 17.1 Å². The topological polar surface area (TPSA) is 95.2 Å². The Kier molecular flexibility index (Phi) is 6.54. The predicted molar refractivity (Wildman–Crippen MR) is 119 cm³/mol. The minimum Gasteiger partial charge on any atom is -0.493 e. The third-order valence-electron chi connectivity index (χ3n) is 4.42. The van der Waals surface area contributed by atoms with Gasteiger partial charge in [0, 0.05) is 23.0 Å². The quantitative estimate of drug-likeness (QED) is 0.451. The van der Waals surface area contributed by atoms with Gasteiger partial charge < -0.3 is 25.3 Å². The fourth-order valence-corrected chi connectivity index (χ4v) is 2.87. The van der Waals surface area contributed by atoms with Gasteiger partial charge in [-0.25, -0.2) is 0 Å². The number of carbonyl (C=O) groups excluding carboxylic acids is 1. The van der Waals surface area contributed by atoms with E-state index in [0.717, 1.165) is 5.56 Å². The highest BCUT2D eigenvalue weighted by atomic mass is 16.5. The van der Waals surface area contributed by atoms with Gasteiger partial charge in [-0.3, -0.25) is 9.79 Å². The summed E-state index contributed by atoms with van der Waals surface area (Å²) in [5, 5.41) is 2.90. The molecule has 0 aliphatic carbocycles. The number of nitrogen functional groups attached to an aromatic ring is 1. The van der Waals surface area contributed by atoms with Gasteiger partial charge in [-0.15, -0.1) is 0 Å². The summed E-state index contributed by atoms with van der Waals surface area (Å²) in [5.74, 6) is 0.895. The van der Waals surface area contributed by atoms with Crippen LogP contribution in [-0.2, 0) is 0 Å². The van der Waals surface area contributed by atoms with Gasteiger partial charge in [-0.05, 0) is 30.3 Å². The first-order chi connectivity index (χ1) is 14.6. The van der Waals surface area contributed by atoms with E-state index in [2.05, 4.69) is 10.3 Å². The summed E-state index contributed by atoms with van der Waals surface area (Å²) in [7, 11) is 4.51. The summed E-state index contributed by atoms with van der Waals surface area (Å²) in [4.78, 5) is 17.3. The normalized spacial score (nSPS) is 10.6. The second-order valence-electron chi connectivity index (χ2n) is 6.27. The third kappa shape index (κ3) is 4.52. The van der Waals surface area contributed by atoms with Gasteiger partial charge in [0.1, 0.15) is 0 Å². The number of nitrogens with one attached hydrogen (secondary N) is 1. The Labute approximate surface area is 175 Å². The number of nitrogens with two attached hydrogens (primary N) is 1. The van der Waals surface area contributed by atoms with E-state index in [1.165, 1.54) is 21.3 Å². The summed E-state index contributed by atoms with van der Waals surface area (Å²) < 4.78 is 16.0. The molecule has 0 aliphatic rings. The lowest BCUT2D eigenvalue weighted by molar-refractivity contribution is 0.102. The smallest absolute Gasteiger partial charge is 0.255 e. The number of carbonyl (C=O) groups is 1. The fraction of sp³-hybridized carbons (Fsp3) is 0.130. The van der Waals surface area contributed by atoms with Crippen molar-refractivity contribution in [2.45, 2.75) is 0 Å². The van der Waals surface area contributed by atoms with E-state index in [1.54, 1.807) is 30.5 Å². The van der Waals surface area contributed by atoms with Gasteiger partial charge >= 0.3 is 0 Å². The molecule has 0 bridgehead atoms. The third-order valence-corrected chi connectivity index (χ3v) is 4.42. The van der Waals surface area contributed by atoms with E-state index in [9.17, 15) is 4.79 Å². The molecule has 7 nitrogen and oxygen atoms in total. The molecule has 7 heteroatoms. The van der Waals surface area contributed by atoms with E-state index in [0.29, 0.717) is 39.9 Å². The number of methoxy groups -OCH3 is 3. The van der Waals surface area contributed by atoms with Crippen molar-refractivity contribution in [3.8, 4) is 17.2 Å². The van der Waals surface area contributed by atoms with E-state index in [1.807, 2.05) is 36.4 Å². The molecule has 30 heavy (non-hydrogen) atoms. The number of aliphatic imine (C=N–C) groups is 1. The van der Waals surface area contributed by atoms with Gasteiger partial charge in [0.25, 0.3) is 5.91 Å². The number of benzene rings is 3. The van der Waals surface area contributed by atoms with Crippen LogP contribution in [0, 0.1) is 0 Å². The van der Waals surface area contributed by atoms with Crippen molar-refractivity contribution in [2.24, 2.45) is 4.99 Å². The lowest BCUT2D eigenvalue weighted by atomic mass is 10.1. The van der Waals surface area contributed by atoms with Crippen LogP contribution in [0.2, 0.25) is 0 Å². The zero-order valence-electron chi connectivity index (χ0n) is 17.0. The molecule has 0 aromatic heterocycles. The molecule has 0 aliphatic heterocycles. The number of hydrogen-bond acceptors (Lipinski definition) is 6. The average molecular weight is 405 g/mol. The Morgan fingerprint density at radius 2 is 1.57 bits per heavy atom. The maximum atomic E-state index is 12.9. The number of nitrogens with zero attached hydrogens (tertiary/aromatic N) is 1. The first-order valence-electron chi connectivity index (χ1n) is 9.16. The predicted octanol–water partition coefficient (Wildman–Crippen LogP) is 4.30. The van der Waals surface area contributed by atoms with Crippen LogP contribution in [0.5, 0.6) is 17.2 Å². The van der Waals surface area contributed by atoms with Gasteiger partial charge in [-0.1, -0.05) is 30.3 Å². The van der Waals surface area contributed by atoms with Gasteiger partial charge in [0.15, 0.2) is 11.5 Å². The molecule has 0 saturated heterocycles. The van der Waals surface area contributed by atoms with Crippen molar-refractivity contribution in [1.29, 1.82) is 0 Å². The largest absolute Gasteiger partial charge is 0.493 e. The number of hydrogen-bond donors (Lipinski definition) is 2. The van der Waals surface area contributed by atoms with Crippen LogP contribution in [0.3, 0.4) is 0 Å². The van der Waals surface area contributed by atoms with Crippen LogP contribution in [0.15, 0.2) is 65.7 Å². The van der Waals surface area contributed by atoms with Crippen molar-refractivity contribution in [3.05, 3.63) is 71.8 Å². The van der Waals surface area contributed by atoms with E-state index < -0.39 is 0 Å². The van der Waals surface area contributed by atoms with Crippen molar-refractivity contribution in [1.82, 2.24) is 0 Å². The maximum absolute atomic E-state index is 12.9. The fourth-order valence-electron chi connectivity index (χ4n) is 2.87. The number of para-hydroxylation sites is 3. The SMILES string of the molecule is COc1cc(C(=O)Nc2ccccc2C=Nc2ccccc2N)cc(OC)c1OC. The molecule has 0 fully saturated rings. The highest BCUT2D eigenvalue weighted by molar-refractivity contribution is 6.07. The molecule has 0 saturated carbocycles. The molecule has 0 radical (unpaired) electrons. The molecule has 3 aromatic rings. The number of rotatable bonds is 7. The maximum Gasteiger partial charge on any atom is 0.255 e. The number of anilines is 2. The van der Waals surface area contributed by atoms with Crippen molar-refractivity contribution in [2.75, 3.05) is 32.4 Å². The summed E-state index contributed by atoms with van der Waals surface area (Å²) >= 11 is 0. The van der Waals surface area contributed by atoms with Crippen LogP contribution >= 0.6 is 0 Å². The van der Waals surface area contributed by atoms with Gasteiger partial charge in [0.05, 0.1) is 32.7 Å². The Balaban J connectivity index is 1.89. The van der Waals surface area contributed by atoms with E-state index in [-0.39, 0.29) is 5.91 Å². The Hall–Kier alpha value is -4.00. The lowest BCUT2D eigenvalue weighted by Crippen LogP contribution is -2.14. The molecule has 0 heterocycles. The summed E-state index contributed by atoms with van der Waals surface area (Å²) in [6, 6.07) is 17.9. The highest BCUT2D eigenvalue weighted by Gasteiger charge is 2.17. The summed E-state index contributed by atoms with van der Waals surface area (Å²) in [6.07, 6.45) is 1.66. The second kappa shape index (κ2) is 9.47. The zero-order chi connectivity index (χ0) is 21.5. The standard InChI is InChI=1S/C23H23N3O4/c1-28-20-12-16(13-21(29-2)22(20)30-3)23(27)26-18-10-6-4-8-15(18)14-25-19-11-7-5-9-17(19)24/h4-14H,24H2,1-3H3,(H,26,27). The minimum atomic E-state index is -0.325. The second-order valence-corrected chi connectivity index (χ2v) is 6.27. The molecule has 3 rings (SSSR count). The van der Waals surface area contributed by atoms with Crippen LogP contribution in [0.25, 0.3) is 0 Å². The van der Waals surface area contributed by atoms with Crippen molar-refractivity contribution < 1.29 is 19.0 Å². The Morgan fingerprint density at radius 3 is 2.20 bits per heavy atom. The van der Waals surface area contributed by atoms with Crippen LogP contribution in [-0.4, -0.2) is 33.5 Å². The molecule has 0 spiro atoms. The van der Waals surface area contributed by atoms with Crippen molar-refractivity contribution >= 4 is 29.2 Å². The first kappa shape index (κ1) is 20.7. The van der Waals surface area contributed by atoms with Gasteiger partial charge in [-0.2, -0.15) is 0 Å².